The van der Waals surface area contributed by atoms with E-state index >= 15 is 0 Å². The third kappa shape index (κ3) is 4.68. The number of thiazole rings is 1. The van der Waals surface area contributed by atoms with Gasteiger partial charge in [-0.2, -0.15) is 0 Å². The Bertz CT molecular complexity index is 573. The monoisotopic (exact) mass is 347 g/mol. The zero-order valence-electron chi connectivity index (χ0n) is 11.8. The van der Waals surface area contributed by atoms with Crippen LogP contribution in [0.4, 0.5) is 0 Å². The van der Waals surface area contributed by atoms with Gasteiger partial charge in [-0.05, 0) is 19.4 Å². The van der Waals surface area contributed by atoms with Crippen molar-refractivity contribution in [2.24, 2.45) is 5.73 Å². The van der Waals surface area contributed by atoms with Crippen LogP contribution in [0.25, 0.3) is 0 Å². The van der Waals surface area contributed by atoms with Crippen molar-refractivity contribution in [2.45, 2.75) is 25.9 Å². The number of nitrogens with one attached hydrogen (secondary N) is 1. The Kier molecular flexibility index (Phi) is 7.89. The van der Waals surface area contributed by atoms with Gasteiger partial charge in [-0.3, -0.25) is 4.79 Å². The van der Waals surface area contributed by atoms with Crippen LogP contribution < -0.4 is 11.1 Å². The van der Waals surface area contributed by atoms with Crippen LogP contribution in [0.15, 0.2) is 35.8 Å². The molecule has 4 nitrogen and oxygen atoms in total. The molecule has 1 atom stereocenters. The maximum atomic E-state index is 12.2. The Hall–Kier alpha value is -1.14. The molecule has 1 unspecified atom stereocenters. The fourth-order valence-corrected chi connectivity index (χ4v) is 2.47. The maximum Gasteiger partial charge on any atom is 0.244 e. The molecule has 1 amide bonds. The first-order chi connectivity index (χ1) is 9.01. The van der Waals surface area contributed by atoms with Crippen molar-refractivity contribution in [1.29, 1.82) is 0 Å². The second kappa shape index (κ2) is 8.34. The summed E-state index contributed by atoms with van der Waals surface area (Å²) < 4.78 is 0. The summed E-state index contributed by atoms with van der Waals surface area (Å²) in [6.07, 6.45) is 0. The summed E-state index contributed by atoms with van der Waals surface area (Å²) in [7, 11) is 0. The predicted molar refractivity (Wildman–Crippen MR) is 91.2 cm³/mol. The molecule has 1 heterocycles. The summed E-state index contributed by atoms with van der Waals surface area (Å²) in [6, 6.07) is 9.37. The smallest absolute Gasteiger partial charge is 0.244 e. The van der Waals surface area contributed by atoms with Crippen LogP contribution in [-0.2, 0) is 16.9 Å². The number of carbonyl (C=O) groups is 1. The van der Waals surface area contributed by atoms with Crippen molar-refractivity contribution in [1.82, 2.24) is 10.3 Å². The van der Waals surface area contributed by atoms with E-state index in [1.807, 2.05) is 37.3 Å². The van der Waals surface area contributed by atoms with Crippen LogP contribution in [0.5, 0.6) is 0 Å². The Morgan fingerprint density at radius 1 is 1.33 bits per heavy atom. The first-order valence-corrected chi connectivity index (χ1v) is 6.91. The summed E-state index contributed by atoms with van der Waals surface area (Å²) >= 11 is 1.53. The number of halogens is 2. The second-order valence-electron chi connectivity index (χ2n) is 4.61. The van der Waals surface area contributed by atoms with Crippen molar-refractivity contribution in [3.8, 4) is 0 Å². The lowest BCUT2D eigenvalue weighted by Crippen LogP contribution is -2.48. The van der Waals surface area contributed by atoms with E-state index in [2.05, 4.69) is 10.3 Å². The van der Waals surface area contributed by atoms with Gasteiger partial charge in [0.05, 0.1) is 17.7 Å². The number of benzene rings is 1. The van der Waals surface area contributed by atoms with E-state index in [-0.39, 0.29) is 30.7 Å². The fraction of sp³-hybridized carbons (Fsp3) is 0.286. The van der Waals surface area contributed by atoms with Gasteiger partial charge >= 0.3 is 0 Å². The standard InChI is InChI=1S/C14H17N3OS.2ClH/c1-10-12(19-9-17-10)8-16-13(18)14(2,15)11-6-4-3-5-7-11;;/h3-7,9H,8,15H2,1-2H3,(H,16,18);2*1H. The van der Waals surface area contributed by atoms with Gasteiger partial charge in [0.25, 0.3) is 0 Å². The van der Waals surface area contributed by atoms with Crippen LogP contribution in [0.3, 0.4) is 0 Å². The highest BCUT2D eigenvalue weighted by atomic mass is 35.5. The van der Waals surface area contributed by atoms with Crippen LogP contribution in [0.2, 0.25) is 0 Å². The molecule has 0 saturated heterocycles. The van der Waals surface area contributed by atoms with Gasteiger partial charge in [-0.15, -0.1) is 36.2 Å². The summed E-state index contributed by atoms with van der Waals surface area (Å²) in [6.45, 7) is 4.11. The van der Waals surface area contributed by atoms with Gasteiger partial charge in [0.15, 0.2) is 0 Å². The molecule has 0 aliphatic heterocycles. The Morgan fingerprint density at radius 3 is 2.48 bits per heavy atom. The molecule has 0 aliphatic carbocycles. The number of carbonyl (C=O) groups excluding carboxylic acids is 1. The minimum absolute atomic E-state index is 0. The number of hydrogen-bond acceptors (Lipinski definition) is 4. The lowest BCUT2D eigenvalue weighted by molar-refractivity contribution is -0.126. The molecule has 1 aromatic carbocycles. The molecule has 1 aromatic heterocycles. The van der Waals surface area contributed by atoms with E-state index in [0.29, 0.717) is 6.54 Å². The first-order valence-electron chi connectivity index (χ1n) is 6.03. The number of rotatable bonds is 4. The average molecular weight is 348 g/mol. The van der Waals surface area contributed by atoms with Crippen LogP contribution in [-0.4, -0.2) is 10.9 Å². The van der Waals surface area contributed by atoms with Gasteiger partial charge in [-0.25, -0.2) is 4.98 Å². The molecule has 0 aliphatic rings. The lowest BCUT2D eigenvalue weighted by Gasteiger charge is -2.24. The number of nitrogens with zero attached hydrogens (tertiary/aromatic N) is 1. The van der Waals surface area contributed by atoms with Crippen molar-refractivity contribution in [3.63, 3.8) is 0 Å². The number of aromatic nitrogens is 1. The van der Waals surface area contributed by atoms with Crippen molar-refractivity contribution >= 4 is 42.1 Å². The lowest BCUT2D eigenvalue weighted by atomic mass is 9.92. The van der Waals surface area contributed by atoms with Crippen molar-refractivity contribution in [3.05, 3.63) is 52.0 Å². The highest BCUT2D eigenvalue weighted by Gasteiger charge is 2.30. The topological polar surface area (TPSA) is 68.0 Å². The minimum atomic E-state index is -1.03. The van der Waals surface area contributed by atoms with Gasteiger partial charge in [0.2, 0.25) is 5.91 Å². The number of hydrogen-bond donors (Lipinski definition) is 2. The Morgan fingerprint density at radius 2 is 1.95 bits per heavy atom. The zero-order chi connectivity index (χ0) is 13.9. The van der Waals surface area contributed by atoms with Crippen molar-refractivity contribution in [2.75, 3.05) is 0 Å². The molecule has 0 fully saturated rings. The molecule has 7 heteroatoms. The molecule has 0 spiro atoms. The van der Waals surface area contributed by atoms with Crippen LogP contribution in [0, 0.1) is 6.92 Å². The van der Waals surface area contributed by atoms with Crippen LogP contribution in [0.1, 0.15) is 23.1 Å². The van der Waals surface area contributed by atoms with Crippen LogP contribution >= 0.6 is 36.2 Å². The third-order valence-corrected chi connectivity index (χ3v) is 4.03. The predicted octanol–water partition coefficient (Wildman–Crippen LogP) is 2.79. The highest BCUT2D eigenvalue weighted by molar-refractivity contribution is 7.09. The van der Waals surface area contributed by atoms with Gasteiger partial charge in [0, 0.05) is 4.88 Å². The summed E-state index contributed by atoms with van der Waals surface area (Å²) in [4.78, 5) is 17.4. The van der Waals surface area contributed by atoms with E-state index in [1.165, 1.54) is 11.3 Å². The number of nitrogens with two attached hydrogens (primary N) is 1. The van der Waals surface area contributed by atoms with E-state index in [9.17, 15) is 4.79 Å². The van der Waals surface area contributed by atoms with Gasteiger partial charge in [-0.1, -0.05) is 30.3 Å². The van der Waals surface area contributed by atoms with E-state index in [4.69, 9.17) is 5.73 Å². The first kappa shape index (κ1) is 19.9. The molecular weight excluding hydrogens is 329 g/mol. The normalized spacial score (nSPS) is 12.5. The van der Waals surface area contributed by atoms with Gasteiger partial charge in [0.1, 0.15) is 5.54 Å². The Balaban J connectivity index is 0.00000200. The molecule has 3 N–H and O–H groups in total. The molecule has 2 rings (SSSR count). The maximum absolute atomic E-state index is 12.2. The second-order valence-corrected chi connectivity index (χ2v) is 5.55. The third-order valence-electron chi connectivity index (χ3n) is 3.10. The average Bonchev–Trinajstić information content (AvgIpc) is 2.82. The van der Waals surface area contributed by atoms with E-state index < -0.39 is 5.54 Å². The molecule has 0 bridgehead atoms. The summed E-state index contributed by atoms with van der Waals surface area (Å²) in [5.41, 5.74) is 8.63. The zero-order valence-corrected chi connectivity index (χ0v) is 14.3. The highest BCUT2D eigenvalue weighted by Crippen LogP contribution is 2.18. The minimum Gasteiger partial charge on any atom is -0.349 e. The molecule has 0 saturated carbocycles. The Labute approximate surface area is 141 Å². The van der Waals surface area contributed by atoms with E-state index in [0.717, 1.165) is 16.1 Å². The summed E-state index contributed by atoms with van der Waals surface area (Å²) in [5.74, 6) is -0.188. The largest absolute Gasteiger partial charge is 0.349 e. The molecule has 21 heavy (non-hydrogen) atoms. The van der Waals surface area contributed by atoms with Gasteiger partial charge < -0.3 is 11.1 Å². The number of aryl methyl sites for hydroxylation is 1. The van der Waals surface area contributed by atoms with E-state index in [1.54, 1.807) is 12.4 Å². The quantitative estimate of drug-likeness (QED) is 0.893. The van der Waals surface area contributed by atoms with Crippen molar-refractivity contribution < 1.29 is 4.79 Å². The SMILES string of the molecule is Cc1ncsc1CNC(=O)C(C)(N)c1ccccc1.Cl.Cl. The number of amides is 1. The summed E-state index contributed by atoms with van der Waals surface area (Å²) in [5, 5.41) is 2.87. The fourth-order valence-electron chi connectivity index (χ4n) is 1.76. The molecule has 2 aromatic rings. The molecule has 116 valence electrons. The molecule has 0 radical (unpaired) electrons. The molecular formula is C14H19Cl2N3OS.